The van der Waals surface area contributed by atoms with E-state index >= 15 is 0 Å². The highest BCUT2D eigenvalue weighted by atomic mass is 19.2. The summed E-state index contributed by atoms with van der Waals surface area (Å²) in [6.07, 6.45) is 1.19. The molecule has 0 saturated carbocycles. The molecule has 3 aromatic rings. The van der Waals surface area contributed by atoms with Crippen molar-refractivity contribution in [2.45, 2.75) is 0 Å². The number of aromatic nitrogens is 1. The largest absolute Gasteiger partial charge is 0.321 e. The maximum absolute atomic E-state index is 13.7. The maximum Gasteiger partial charge on any atom is 0.274 e. The summed E-state index contributed by atoms with van der Waals surface area (Å²) in [4.78, 5) is 28.5. The van der Waals surface area contributed by atoms with Gasteiger partial charge in [-0.2, -0.15) is 5.26 Å². The third-order valence-electron chi connectivity index (χ3n) is 3.79. The minimum absolute atomic E-state index is 0.0555. The monoisotopic (exact) mass is 396 g/mol. The number of hydrogen-bond acceptors (Lipinski definition) is 4. The molecule has 2 aromatic carbocycles. The van der Waals surface area contributed by atoms with Gasteiger partial charge in [0, 0.05) is 17.4 Å². The van der Waals surface area contributed by atoms with Gasteiger partial charge < -0.3 is 10.6 Å². The van der Waals surface area contributed by atoms with Crippen molar-refractivity contribution in [2.24, 2.45) is 0 Å². The van der Waals surface area contributed by atoms with Gasteiger partial charge in [0.1, 0.15) is 5.69 Å². The molecule has 0 aliphatic carbocycles. The van der Waals surface area contributed by atoms with Crippen molar-refractivity contribution >= 4 is 23.2 Å². The van der Waals surface area contributed by atoms with Crippen LogP contribution < -0.4 is 10.6 Å². The molecule has 144 valence electrons. The fraction of sp³-hybridized carbons (Fsp3) is 0. The molecule has 0 aliphatic heterocycles. The first-order valence-corrected chi connectivity index (χ1v) is 8.11. The summed E-state index contributed by atoms with van der Waals surface area (Å²) < 4.78 is 40.0. The third kappa shape index (κ3) is 4.39. The second kappa shape index (κ2) is 8.22. The standard InChI is InChI=1S/C20H11F3N4O2/c21-14-4-5-15(18(23)17(14)22)27-19(28)12-6-7-25-16(9-12)20(29)26-13-3-1-2-11(8-13)10-24/h1-9H,(H,26,29)(H,27,28). The molecule has 0 atom stereocenters. The van der Waals surface area contributed by atoms with Gasteiger partial charge in [-0.25, -0.2) is 13.2 Å². The molecule has 1 heterocycles. The number of carbonyl (C=O) groups is 2. The highest BCUT2D eigenvalue weighted by Crippen LogP contribution is 2.20. The molecule has 3 rings (SSSR count). The number of carbonyl (C=O) groups excluding carboxylic acids is 2. The number of hydrogen-bond donors (Lipinski definition) is 2. The van der Waals surface area contributed by atoms with E-state index in [0.29, 0.717) is 17.3 Å². The topological polar surface area (TPSA) is 94.9 Å². The van der Waals surface area contributed by atoms with Crippen molar-refractivity contribution in [3.8, 4) is 6.07 Å². The van der Waals surface area contributed by atoms with Crippen LogP contribution >= 0.6 is 0 Å². The lowest BCUT2D eigenvalue weighted by Gasteiger charge is -2.09. The average Bonchev–Trinajstić information content (AvgIpc) is 2.74. The molecular formula is C20H11F3N4O2. The number of rotatable bonds is 4. The predicted octanol–water partition coefficient (Wildman–Crippen LogP) is 3.88. The quantitative estimate of drug-likeness (QED) is 0.655. The zero-order valence-electron chi connectivity index (χ0n) is 14.5. The van der Waals surface area contributed by atoms with E-state index in [9.17, 15) is 22.8 Å². The molecule has 0 unspecified atom stereocenters. The SMILES string of the molecule is N#Cc1cccc(NC(=O)c2cc(C(=O)Nc3ccc(F)c(F)c3F)ccn2)c1. The summed E-state index contributed by atoms with van der Waals surface area (Å²) in [5, 5.41) is 13.5. The molecule has 29 heavy (non-hydrogen) atoms. The van der Waals surface area contributed by atoms with Crippen LogP contribution in [0.4, 0.5) is 24.5 Å². The Bertz CT molecular complexity index is 1160. The molecule has 0 spiro atoms. The molecule has 2 amide bonds. The minimum atomic E-state index is -1.71. The molecule has 0 saturated heterocycles. The zero-order chi connectivity index (χ0) is 21.0. The minimum Gasteiger partial charge on any atom is -0.321 e. The number of halogens is 3. The lowest BCUT2D eigenvalue weighted by molar-refractivity contribution is 0.102. The summed E-state index contributed by atoms with van der Waals surface area (Å²) in [6, 6.07) is 12.1. The number of pyridine rings is 1. The second-order valence-electron chi connectivity index (χ2n) is 5.75. The van der Waals surface area contributed by atoms with E-state index in [2.05, 4.69) is 15.6 Å². The van der Waals surface area contributed by atoms with Crippen LogP contribution in [0.3, 0.4) is 0 Å². The van der Waals surface area contributed by atoms with Gasteiger partial charge in [-0.15, -0.1) is 0 Å². The van der Waals surface area contributed by atoms with Gasteiger partial charge in [-0.05, 0) is 42.5 Å². The molecule has 2 N–H and O–H groups in total. The van der Waals surface area contributed by atoms with Crippen molar-refractivity contribution in [2.75, 3.05) is 10.6 Å². The highest BCUT2D eigenvalue weighted by molar-refractivity contribution is 6.07. The van der Waals surface area contributed by atoms with E-state index in [1.54, 1.807) is 18.2 Å². The first kappa shape index (κ1) is 19.6. The molecule has 0 aliphatic rings. The Morgan fingerprint density at radius 3 is 2.48 bits per heavy atom. The van der Waals surface area contributed by atoms with Crippen LogP contribution in [0.15, 0.2) is 54.7 Å². The summed E-state index contributed by atoms with van der Waals surface area (Å²) in [5.41, 5.74) is -0.0251. The van der Waals surface area contributed by atoms with E-state index in [1.807, 2.05) is 6.07 Å². The Kier molecular flexibility index (Phi) is 5.55. The van der Waals surface area contributed by atoms with E-state index in [0.717, 1.165) is 12.1 Å². The molecule has 0 radical (unpaired) electrons. The molecular weight excluding hydrogens is 385 g/mol. The van der Waals surface area contributed by atoms with Gasteiger partial charge in [0.15, 0.2) is 17.5 Å². The number of anilines is 2. The average molecular weight is 396 g/mol. The van der Waals surface area contributed by atoms with Gasteiger partial charge in [0.25, 0.3) is 11.8 Å². The fourth-order valence-corrected chi connectivity index (χ4v) is 2.37. The predicted molar refractivity (Wildman–Crippen MR) is 97.6 cm³/mol. The zero-order valence-corrected chi connectivity index (χ0v) is 14.5. The van der Waals surface area contributed by atoms with E-state index < -0.39 is 35.0 Å². The fourth-order valence-electron chi connectivity index (χ4n) is 2.37. The number of nitrogens with one attached hydrogen (secondary N) is 2. The van der Waals surface area contributed by atoms with Crippen molar-refractivity contribution in [3.05, 3.63) is 89.0 Å². The number of nitriles is 1. The summed E-state index contributed by atoms with van der Waals surface area (Å²) in [6.45, 7) is 0. The summed E-state index contributed by atoms with van der Waals surface area (Å²) >= 11 is 0. The first-order valence-electron chi connectivity index (χ1n) is 8.11. The van der Waals surface area contributed by atoms with Crippen LogP contribution in [0.25, 0.3) is 0 Å². The highest BCUT2D eigenvalue weighted by Gasteiger charge is 2.17. The number of amides is 2. The Labute approximate surface area is 162 Å². The smallest absolute Gasteiger partial charge is 0.274 e. The molecule has 9 heteroatoms. The van der Waals surface area contributed by atoms with E-state index in [1.165, 1.54) is 18.3 Å². The van der Waals surface area contributed by atoms with E-state index in [4.69, 9.17) is 5.26 Å². The summed E-state index contributed by atoms with van der Waals surface area (Å²) in [7, 11) is 0. The normalized spacial score (nSPS) is 10.1. The second-order valence-corrected chi connectivity index (χ2v) is 5.75. The van der Waals surface area contributed by atoms with Crippen LogP contribution in [0.1, 0.15) is 26.4 Å². The van der Waals surface area contributed by atoms with Gasteiger partial charge in [-0.1, -0.05) is 6.07 Å². The summed E-state index contributed by atoms with van der Waals surface area (Å²) in [5.74, 6) is -6.13. The van der Waals surface area contributed by atoms with Crippen LogP contribution in [0, 0.1) is 28.8 Å². The molecule has 0 bridgehead atoms. The van der Waals surface area contributed by atoms with Crippen LogP contribution in [-0.2, 0) is 0 Å². The number of benzene rings is 2. The van der Waals surface area contributed by atoms with Crippen LogP contribution in [-0.4, -0.2) is 16.8 Å². The lowest BCUT2D eigenvalue weighted by Crippen LogP contribution is -2.17. The van der Waals surface area contributed by atoms with Gasteiger partial charge in [0.2, 0.25) is 0 Å². The first-order chi connectivity index (χ1) is 13.9. The van der Waals surface area contributed by atoms with Crippen LogP contribution in [0.5, 0.6) is 0 Å². The molecule has 6 nitrogen and oxygen atoms in total. The molecule has 0 fully saturated rings. The third-order valence-corrected chi connectivity index (χ3v) is 3.79. The van der Waals surface area contributed by atoms with Crippen molar-refractivity contribution in [3.63, 3.8) is 0 Å². The van der Waals surface area contributed by atoms with Gasteiger partial charge in [-0.3, -0.25) is 14.6 Å². The van der Waals surface area contributed by atoms with Crippen molar-refractivity contribution in [1.29, 1.82) is 5.26 Å². The Morgan fingerprint density at radius 1 is 0.931 bits per heavy atom. The van der Waals surface area contributed by atoms with Crippen molar-refractivity contribution < 1.29 is 22.8 Å². The molecule has 1 aromatic heterocycles. The van der Waals surface area contributed by atoms with Gasteiger partial charge >= 0.3 is 0 Å². The Hall–Kier alpha value is -4.19. The van der Waals surface area contributed by atoms with Gasteiger partial charge in [0.05, 0.1) is 17.3 Å². The number of nitrogens with zero attached hydrogens (tertiary/aromatic N) is 2. The van der Waals surface area contributed by atoms with Crippen LogP contribution in [0.2, 0.25) is 0 Å². The van der Waals surface area contributed by atoms with Crippen molar-refractivity contribution in [1.82, 2.24) is 4.98 Å². The Morgan fingerprint density at radius 2 is 1.72 bits per heavy atom. The Balaban J connectivity index is 1.78. The van der Waals surface area contributed by atoms with E-state index in [-0.39, 0.29) is 11.3 Å². The lowest BCUT2D eigenvalue weighted by atomic mass is 10.2. The maximum atomic E-state index is 13.7.